The van der Waals surface area contributed by atoms with Crippen LogP contribution in [0.4, 0.5) is 0 Å². The molecule has 1 fully saturated rings. The predicted molar refractivity (Wildman–Crippen MR) is 159 cm³/mol. The molecule has 8 heteroatoms. The van der Waals surface area contributed by atoms with Gasteiger partial charge in [0.1, 0.15) is 0 Å². The molecule has 1 N–H and O–H groups in total. The lowest BCUT2D eigenvalue weighted by Gasteiger charge is -2.38. The van der Waals surface area contributed by atoms with Gasteiger partial charge in [-0.1, -0.05) is 42.5 Å². The number of nitrogens with one attached hydrogen (secondary N) is 1. The van der Waals surface area contributed by atoms with E-state index >= 15 is 0 Å². The summed E-state index contributed by atoms with van der Waals surface area (Å²) in [6, 6.07) is 16.9. The average Bonchev–Trinajstić information content (AvgIpc) is 2.95. The highest BCUT2D eigenvalue weighted by Gasteiger charge is 2.27. The van der Waals surface area contributed by atoms with E-state index in [1.807, 2.05) is 30.0 Å². The monoisotopic (exact) mass is 565 g/mol. The maximum absolute atomic E-state index is 13.1. The highest BCUT2D eigenvalue weighted by Crippen LogP contribution is 2.22. The van der Waals surface area contributed by atoms with Crippen molar-refractivity contribution in [3.05, 3.63) is 65.7 Å². The predicted octanol–water partition coefficient (Wildman–Crippen LogP) is 4.39. The number of rotatable bonds is 14. The first-order valence-corrected chi connectivity index (χ1v) is 16.2. The fourth-order valence-corrected chi connectivity index (χ4v) is 5.95. The van der Waals surface area contributed by atoms with Gasteiger partial charge in [-0.2, -0.15) is 0 Å². The molecule has 1 atom stereocenters. The van der Waals surface area contributed by atoms with Gasteiger partial charge in [-0.15, -0.1) is 12.3 Å². The molecular formula is C32H43N3O4S. The molecule has 2 amide bonds. The maximum Gasteiger partial charge on any atom is 0.227 e. The van der Waals surface area contributed by atoms with Crippen molar-refractivity contribution < 1.29 is 18.0 Å². The number of likely N-dealkylation sites (N-methyl/N-ethyl adjacent to an activating group) is 1. The number of benzene rings is 2. The standard InChI is InChI=1S/C32H43N3O4S/c1-4-6-7-11-14-31(36)33-30(27-12-9-8-10-13-27)21-24-34-22-19-28(20-23-34)35(5-2)32(37)25-26-15-17-29(18-16-26)40(3,38)39/h1,8-10,12-13,15-18,28,30H,5-7,11,14,19-25H2,2-3H3,(H,33,36). The van der Waals surface area contributed by atoms with Gasteiger partial charge in [0.25, 0.3) is 0 Å². The van der Waals surface area contributed by atoms with Gasteiger partial charge >= 0.3 is 0 Å². The van der Waals surface area contributed by atoms with Crippen LogP contribution < -0.4 is 5.32 Å². The number of carbonyl (C=O) groups is 2. The van der Waals surface area contributed by atoms with Crippen molar-refractivity contribution in [2.75, 3.05) is 32.4 Å². The summed E-state index contributed by atoms with van der Waals surface area (Å²) in [7, 11) is -3.26. The Morgan fingerprint density at radius 1 is 1.07 bits per heavy atom. The number of piperidine rings is 1. The molecule has 1 saturated heterocycles. The van der Waals surface area contributed by atoms with Crippen LogP contribution in [0.3, 0.4) is 0 Å². The Morgan fingerprint density at radius 3 is 2.35 bits per heavy atom. The summed E-state index contributed by atoms with van der Waals surface area (Å²) in [5.41, 5.74) is 1.93. The van der Waals surface area contributed by atoms with Crippen molar-refractivity contribution in [1.82, 2.24) is 15.1 Å². The highest BCUT2D eigenvalue weighted by atomic mass is 32.2. The maximum atomic E-state index is 13.1. The van der Waals surface area contributed by atoms with Crippen molar-refractivity contribution in [3.8, 4) is 12.3 Å². The first kappa shape index (κ1) is 31.4. The fourth-order valence-electron chi connectivity index (χ4n) is 5.32. The number of likely N-dealkylation sites (tertiary alicyclic amines) is 1. The fraction of sp³-hybridized carbons (Fsp3) is 0.500. The summed E-state index contributed by atoms with van der Waals surface area (Å²) in [6.07, 6.45) is 12.2. The van der Waals surface area contributed by atoms with E-state index in [4.69, 9.17) is 6.42 Å². The molecule has 1 aliphatic heterocycles. The second-order valence-corrected chi connectivity index (χ2v) is 12.6. The third-order valence-corrected chi connectivity index (χ3v) is 8.74. The van der Waals surface area contributed by atoms with E-state index in [0.717, 1.165) is 62.9 Å². The van der Waals surface area contributed by atoms with E-state index in [2.05, 4.69) is 28.3 Å². The quantitative estimate of drug-likeness (QED) is 0.271. The molecule has 0 aromatic heterocycles. The van der Waals surface area contributed by atoms with Gasteiger partial charge < -0.3 is 15.1 Å². The minimum atomic E-state index is -3.26. The summed E-state index contributed by atoms with van der Waals surface area (Å²) in [5.74, 6) is 2.76. The summed E-state index contributed by atoms with van der Waals surface area (Å²) in [5, 5.41) is 3.23. The largest absolute Gasteiger partial charge is 0.349 e. The second kappa shape index (κ2) is 15.6. The Balaban J connectivity index is 1.50. The van der Waals surface area contributed by atoms with Crippen molar-refractivity contribution in [3.63, 3.8) is 0 Å². The summed E-state index contributed by atoms with van der Waals surface area (Å²) < 4.78 is 23.4. The van der Waals surface area contributed by atoms with Crippen LogP contribution in [-0.2, 0) is 25.8 Å². The number of nitrogens with zero attached hydrogens (tertiary/aromatic N) is 2. The lowest BCUT2D eigenvalue weighted by atomic mass is 9.99. The van der Waals surface area contributed by atoms with Gasteiger partial charge in [0.15, 0.2) is 9.84 Å². The van der Waals surface area contributed by atoms with E-state index < -0.39 is 9.84 Å². The van der Waals surface area contributed by atoms with Gasteiger partial charge in [0, 0.05) is 51.3 Å². The van der Waals surface area contributed by atoms with E-state index in [1.165, 1.54) is 6.26 Å². The molecule has 7 nitrogen and oxygen atoms in total. The Morgan fingerprint density at radius 2 is 1.75 bits per heavy atom. The third-order valence-electron chi connectivity index (χ3n) is 7.61. The van der Waals surface area contributed by atoms with E-state index in [-0.39, 0.29) is 35.2 Å². The first-order chi connectivity index (χ1) is 19.2. The Kier molecular flexibility index (Phi) is 12.2. The molecule has 216 valence electrons. The number of carbonyl (C=O) groups excluding carboxylic acids is 2. The first-order valence-electron chi connectivity index (χ1n) is 14.3. The van der Waals surface area contributed by atoms with E-state index in [0.29, 0.717) is 19.4 Å². The zero-order valence-corrected chi connectivity index (χ0v) is 24.7. The minimum Gasteiger partial charge on any atom is -0.349 e. The highest BCUT2D eigenvalue weighted by molar-refractivity contribution is 7.90. The molecular weight excluding hydrogens is 522 g/mol. The summed E-state index contributed by atoms with van der Waals surface area (Å²) in [6.45, 7) is 5.33. The van der Waals surface area contributed by atoms with Gasteiger partial charge in [-0.05, 0) is 62.3 Å². The van der Waals surface area contributed by atoms with Gasteiger partial charge in [0.05, 0.1) is 17.4 Å². The molecule has 0 radical (unpaired) electrons. The van der Waals surface area contributed by atoms with E-state index in [9.17, 15) is 18.0 Å². The molecule has 0 spiro atoms. The SMILES string of the molecule is C#CCCCCC(=O)NC(CCN1CCC(N(CC)C(=O)Cc2ccc(S(C)(=O)=O)cc2)CC1)c1ccccc1. The van der Waals surface area contributed by atoms with Crippen LogP contribution in [0.5, 0.6) is 0 Å². The number of sulfone groups is 1. The molecule has 2 aromatic carbocycles. The summed E-state index contributed by atoms with van der Waals surface area (Å²) >= 11 is 0. The average molecular weight is 566 g/mol. The topological polar surface area (TPSA) is 86.8 Å². The number of terminal acetylenes is 1. The van der Waals surface area contributed by atoms with Crippen LogP contribution in [0, 0.1) is 12.3 Å². The Bertz CT molecular complexity index is 1230. The lowest BCUT2D eigenvalue weighted by molar-refractivity contribution is -0.133. The van der Waals surface area contributed by atoms with Gasteiger partial charge in [0.2, 0.25) is 11.8 Å². The Labute approximate surface area is 240 Å². The lowest BCUT2D eigenvalue weighted by Crippen LogP contribution is -2.48. The number of amides is 2. The van der Waals surface area contributed by atoms with Crippen molar-refractivity contribution in [2.45, 2.75) is 75.3 Å². The second-order valence-electron chi connectivity index (χ2n) is 10.6. The number of unbranched alkanes of at least 4 members (excludes halogenated alkanes) is 2. The molecule has 2 aromatic rings. The molecule has 3 rings (SSSR count). The third kappa shape index (κ3) is 9.79. The molecule has 1 aliphatic rings. The van der Waals surface area contributed by atoms with Crippen LogP contribution in [0.15, 0.2) is 59.5 Å². The van der Waals surface area contributed by atoms with Crippen LogP contribution in [0.25, 0.3) is 0 Å². The van der Waals surface area contributed by atoms with Crippen LogP contribution in [0.2, 0.25) is 0 Å². The molecule has 1 heterocycles. The molecule has 1 unspecified atom stereocenters. The molecule has 40 heavy (non-hydrogen) atoms. The van der Waals surface area contributed by atoms with Crippen LogP contribution >= 0.6 is 0 Å². The minimum absolute atomic E-state index is 0.0399. The van der Waals surface area contributed by atoms with E-state index in [1.54, 1.807) is 24.3 Å². The Hall–Kier alpha value is -3.15. The van der Waals surface area contributed by atoms with Crippen molar-refractivity contribution in [1.29, 1.82) is 0 Å². The molecule has 0 aliphatic carbocycles. The summed E-state index contributed by atoms with van der Waals surface area (Å²) in [4.78, 5) is 30.4. The van der Waals surface area contributed by atoms with Crippen molar-refractivity contribution >= 4 is 21.7 Å². The van der Waals surface area contributed by atoms with Crippen LogP contribution in [-0.4, -0.2) is 68.5 Å². The number of hydrogen-bond donors (Lipinski definition) is 1. The molecule has 0 bridgehead atoms. The zero-order chi connectivity index (χ0) is 29.0. The van der Waals surface area contributed by atoms with Gasteiger partial charge in [-0.25, -0.2) is 8.42 Å². The van der Waals surface area contributed by atoms with Crippen LogP contribution in [0.1, 0.15) is 69.0 Å². The van der Waals surface area contributed by atoms with Gasteiger partial charge in [-0.3, -0.25) is 9.59 Å². The van der Waals surface area contributed by atoms with Crippen molar-refractivity contribution in [2.24, 2.45) is 0 Å². The smallest absolute Gasteiger partial charge is 0.227 e. The number of hydrogen-bond acceptors (Lipinski definition) is 5. The molecule has 0 saturated carbocycles. The zero-order valence-electron chi connectivity index (χ0n) is 23.8. The normalized spacial score (nSPS) is 15.2.